The van der Waals surface area contributed by atoms with Crippen molar-refractivity contribution >= 4 is 11.6 Å². The Morgan fingerprint density at radius 1 is 1.26 bits per heavy atom. The number of amides is 1. The molecule has 2 aromatic rings. The van der Waals surface area contributed by atoms with Crippen molar-refractivity contribution in [3.05, 3.63) is 47.3 Å². The first-order chi connectivity index (χ1) is 10.9. The van der Waals surface area contributed by atoms with Crippen molar-refractivity contribution in [1.29, 1.82) is 0 Å². The lowest BCUT2D eigenvalue weighted by Gasteiger charge is -2.15. The molecule has 0 fully saturated rings. The largest absolute Gasteiger partial charge is 0.378 e. The summed E-state index contributed by atoms with van der Waals surface area (Å²) in [7, 11) is 4.02. The van der Waals surface area contributed by atoms with E-state index in [0.717, 1.165) is 22.6 Å². The summed E-state index contributed by atoms with van der Waals surface area (Å²) in [6, 6.07) is 10.3. The molecule has 0 bridgehead atoms. The van der Waals surface area contributed by atoms with Crippen molar-refractivity contribution in [2.24, 2.45) is 0 Å². The number of aromatic nitrogens is 2. The molecule has 124 valence electrons. The average Bonchev–Trinajstić information content (AvgIpc) is 2.84. The molecule has 1 heterocycles. The van der Waals surface area contributed by atoms with E-state index in [1.165, 1.54) is 0 Å². The van der Waals surface area contributed by atoms with E-state index in [9.17, 15) is 4.79 Å². The zero-order chi connectivity index (χ0) is 17.0. The van der Waals surface area contributed by atoms with Crippen LogP contribution in [-0.4, -0.2) is 29.8 Å². The highest BCUT2D eigenvalue weighted by atomic mass is 16.1. The molecule has 2 rings (SSSR count). The van der Waals surface area contributed by atoms with Gasteiger partial charge in [-0.2, -0.15) is 5.10 Å². The number of carbonyl (C=O) groups excluding carboxylic acids is 1. The summed E-state index contributed by atoms with van der Waals surface area (Å²) >= 11 is 0. The van der Waals surface area contributed by atoms with Crippen LogP contribution in [0.5, 0.6) is 0 Å². The van der Waals surface area contributed by atoms with E-state index < -0.39 is 0 Å². The standard InChI is InChI=1S/C18H26N4O/c1-13-10-14(2)22(20-13)15(3)11-18(23)19-12-16-6-8-17(9-7-16)21(4)5/h6-10,15H,11-12H2,1-5H3,(H,19,23)/t15-/m1/s1. The van der Waals surface area contributed by atoms with E-state index in [1.54, 1.807) is 0 Å². The number of benzene rings is 1. The second-order valence-corrected chi connectivity index (χ2v) is 6.26. The summed E-state index contributed by atoms with van der Waals surface area (Å²) in [5, 5.41) is 7.42. The van der Waals surface area contributed by atoms with Crippen molar-refractivity contribution in [3.8, 4) is 0 Å². The number of anilines is 1. The fourth-order valence-electron chi connectivity index (χ4n) is 2.63. The predicted octanol–water partition coefficient (Wildman–Crippen LogP) is 2.83. The van der Waals surface area contributed by atoms with E-state index in [2.05, 4.69) is 27.4 Å². The topological polar surface area (TPSA) is 50.2 Å². The Kier molecular flexibility index (Phi) is 5.42. The monoisotopic (exact) mass is 314 g/mol. The molecule has 5 heteroatoms. The van der Waals surface area contributed by atoms with Crippen LogP contribution in [0.2, 0.25) is 0 Å². The van der Waals surface area contributed by atoms with Gasteiger partial charge in [0.2, 0.25) is 5.91 Å². The van der Waals surface area contributed by atoms with E-state index in [0.29, 0.717) is 13.0 Å². The van der Waals surface area contributed by atoms with Crippen LogP contribution in [0.3, 0.4) is 0 Å². The minimum absolute atomic E-state index is 0.0433. The number of rotatable bonds is 6. The molecule has 1 amide bonds. The Hall–Kier alpha value is -2.30. The highest BCUT2D eigenvalue weighted by molar-refractivity contribution is 5.76. The lowest BCUT2D eigenvalue weighted by Crippen LogP contribution is -2.26. The van der Waals surface area contributed by atoms with Gasteiger partial charge >= 0.3 is 0 Å². The molecule has 0 spiro atoms. The molecule has 0 saturated heterocycles. The van der Waals surface area contributed by atoms with E-state index in [-0.39, 0.29) is 11.9 Å². The van der Waals surface area contributed by atoms with Gasteiger partial charge in [0.05, 0.1) is 11.7 Å². The van der Waals surface area contributed by atoms with Gasteiger partial charge in [-0.1, -0.05) is 12.1 Å². The van der Waals surface area contributed by atoms with Gasteiger partial charge in [0.25, 0.3) is 0 Å². The van der Waals surface area contributed by atoms with Crippen LogP contribution in [-0.2, 0) is 11.3 Å². The smallest absolute Gasteiger partial charge is 0.222 e. The summed E-state index contributed by atoms with van der Waals surface area (Å²) in [6.45, 7) is 6.55. The highest BCUT2D eigenvalue weighted by Crippen LogP contribution is 2.15. The number of hydrogen-bond acceptors (Lipinski definition) is 3. The van der Waals surface area contributed by atoms with Gasteiger partial charge in [0, 0.05) is 38.4 Å². The maximum atomic E-state index is 12.1. The number of nitrogens with one attached hydrogen (secondary N) is 1. The summed E-state index contributed by atoms with van der Waals surface area (Å²) in [5.41, 5.74) is 4.32. The minimum atomic E-state index is 0.0433. The van der Waals surface area contributed by atoms with Crippen molar-refractivity contribution in [3.63, 3.8) is 0 Å². The fraction of sp³-hybridized carbons (Fsp3) is 0.444. The molecule has 1 aromatic heterocycles. The van der Waals surface area contributed by atoms with Gasteiger partial charge in [-0.25, -0.2) is 0 Å². The van der Waals surface area contributed by atoms with Crippen LogP contribution in [0, 0.1) is 13.8 Å². The molecule has 0 unspecified atom stereocenters. The Balaban J connectivity index is 1.86. The van der Waals surface area contributed by atoms with Gasteiger partial charge in [-0.05, 0) is 44.5 Å². The zero-order valence-electron chi connectivity index (χ0n) is 14.6. The van der Waals surface area contributed by atoms with Crippen LogP contribution < -0.4 is 10.2 Å². The summed E-state index contributed by atoms with van der Waals surface area (Å²) < 4.78 is 1.92. The van der Waals surface area contributed by atoms with Crippen LogP contribution >= 0.6 is 0 Å². The molecule has 0 aliphatic heterocycles. The van der Waals surface area contributed by atoms with Crippen molar-refractivity contribution < 1.29 is 4.79 Å². The molecule has 5 nitrogen and oxygen atoms in total. The molecule has 1 atom stereocenters. The second-order valence-electron chi connectivity index (χ2n) is 6.26. The Labute approximate surface area is 138 Å². The van der Waals surface area contributed by atoms with Gasteiger partial charge < -0.3 is 10.2 Å². The normalized spacial score (nSPS) is 12.0. The Morgan fingerprint density at radius 3 is 2.43 bits per heavy atom. The predicted molar refractivity (Wildman–Crippen MR) is 93.6 cm³/mol. The van der Waals surface area contributed by atoms with Gasteiger partial charge in [0.1, 0.15) is 0 Å². The third-order valence-corrected chi connectivity index (χ3v) is 3.89. The number of aryl methyl sites for hydroxylation is 2. The molecule has 0 aliphatic rings. The molecular formula is C18H26N4O. The molecule has 1 N–H and O–H groups in total. The van der Waals surface area contributed by atoms with E-state index >= 15 is 0 Å². The highest BCUT2D eigenvalue weighted by Gasteiger charge is 2.13. The second kappa shape index (κ2) is 7.31. The van der Waals surface area contributed by atoms with E-state index in [1.807, 2.05) is 57.7 Å². The van der Waals surface area contributed by atoms with Crippen LogP contribution in [0.25, 0.3) is 0 Å². The van der Waals surface area contributed by atoms with Crippen molar-refractivity contribution in [2.45, 2.75) is 39.8 Å². The molecule has 1 aromatic carbocycles. The first-order valence-electron chi connectivity index (χ1n) is 7.92. The van der Waals surface area contributed by atoms with Crippen LogP contribution in [0.1, 0.15) is 36.3 Å². The van der Waals surface area contributed by atoms with Crippen molar-refractivity contribution in [2.75, 3.05) is 19.0 Å². The Bertz CT molecular complexity index is 658. The fourth-order valence-corrected chi connectivity index (χ4v) is 2.63. The van der Waals surface area contributed by atoms with Gasteiger partial charge in [-0.15, -0.1) is 0 Å². The molecule has 0 saturated carbocycles. The maximum Gasteiger partial charge on any atom is 0.222 e. The molecule has 23 heavy (non-hydrogen) atoms. The maximum absolute atomic E-state index is 12.1. The summed E-state index contributed by atoms with van der Waals surface area (Å²) in [6.07, 6.45) is 0.428. The first-order valence-corrected chi connectivity index (χ1v) is 7.92. The SMILES string of the molecule is Cc1cc(C)n([C@H](C)CC(=O)NCc2ccc(N(C)C)cc2)n1. The van der Waals surface area contributed by atoms with E-state index in [4.69, 9.17) is 0 Å². The number of carbonyl (C=O) groups is 1. The third kappa shape index (κ3) is 4.58. The lowest BCUT2D eigenvalue weighted by atomic mass is 10.2. The minimum Gasteiger partial charge on any atom is -0.378 e. The molecule has 0 aliphatic carbocycles. The zero-order valence-corrected chi connectivity index (χ0v) is 14.6. The lowest BCUT2D eigenvalue weighted by molar-refractivity contribution is -0.122. The Morgan fingerprint density at radius 2 is 1.91 bits per heavy atom. The van der Waals surface area contributed by atoms with Crippen molar-refractivity contribution in [1.82, 2.24) is 15.1 Å². The third-order valence-electron chi connectivity index (χ3n) is 3.89. The number of hydrogen-bond donors (Lipinski definition) is 1. The average molecular weight is 314 g/mol. The summed E-state index contributed by atoms with van der Waals surface area (Å²) in [4.78, 5) is 14.2. The number of nitrogens with zero attached hydrogens (tertiary/aromatic N) is 3. The molecule has 0 radical (unpaired) electrons. The molecular weight excluding hydrogens is 288 g/mol. The van der Waals surface area contributed by atoms with Crippen LogP contribution in [0.4, 0.5) is 5.69 Å². The van der Waals surface area contributed by atoms with Gasteiger partial charge in [-0.3, -0.25) is 9.48 Å². The first kappa shape index (κ1) is 17.1. The quantitative estimate of drug-likeness (QED) is 0.892. The summed E-state index contributed by atoms with van der Waals surface area (Å²) in [5.74, 6) is 0.0433. The van der Waals surface area contributed by atoms with Crippen LogP contribution in [0.15, 0.2) is 30.3 Å². The van der Waals surface area contributed by atoms with Gasteiger partial charge in [0.15, 0.2) is 0 Å².